The summed E-state index contributed by atoms with van der Waals surface area (Å²) in [5, 5.41) is 11.7. The van der Waals surface area contributed by atoms with E-state index in [1.807, 2.05) is 18.2 Å². The van der Waals surface area contributed by atoms with Gasteiger partial charge in [0.2, 0.25) is 5.91 Å². The second kappa shape index (κ2) is 14.5. The van der Waals surface area contributed by atoms with Gasteiger partial charge in [-0.3, -0.25) is 9.59 Å². The van der Waals surface area contributed by atoms with Crippen LogP contribution in [0.25, 0.3) is 6.08 Å². The number of carboxylic acids is 1. The van der Waals surface area contributed by atoms with Gasteiger partial charge >= 0.3 is 35.5 Å². The van der Waals surface area contributed by atoms with E-state index in [0.29, 0.717) is 24.5 Å². The van der Waals surface area contributed by atoms with Crippen molar-refractivity contribution in [1.82, 2.24) is 5.32 Å². The molecule has 0 radical (unpaired) electrons. The molecule has 0 unspecified atom stereocenters. The monoisotopic (exact) mass is 427 g/mol. The molecule has 0 saturated heterocycles. The fourth-order valence-corrected chi connectivity index (χ4v) is 3.47. The molecule has 1 aliphatic rings. The number of benzene rings is 1. The Kier molecular flexibility index (Phi) is 12.8. The number of rotatable bonds is 11. The number of aliphatic carboxylic acids is 1. The summed E-state index contributed by atoms with van der Waals surface area (Å²) in [4.78, 5) is 22.7. The molecular weight excluding hydrogens is 393 g/mol. The number of carboxylic acid groups (broad SMARTS) is 1. The minimum atomic E-state index is -0.766. The van der Waals surface area contributed by atoms with E-state index in [4.69, 9.17) is 14.6 Å². The van der Waals surface area contributed by atoms with E-state index >= 15 is 0 Å². The van der Waals surface area contributed by atoms with Gasteiger partial charge in [-0.15, -0.1) is 0 Å². The van der Waals surface area contributed by atoms with Gasteiger partial charge in [0.25, 0.3) is 0 Å². The van der Waals surface area contributed by atoms with Gasteiger partial charge in [-0.05, 0) is 74.6 Å². The van der Waals surface area contributed by atoms with Crippen LogP contribution in [-0.4, -0.2) is 66.3 Å². The number of carbonyl (C=O) groups is 2. The van der Waals surface area contributed by atoms with E-state index in [9.17, 15) is 9.59 Å². The summed E-state index contributed by atoms with van der Waals surface area (Å²) in [6.45, 7) is 2.77. The Morgan fingerprint density at radius 1 is 1.13 bits per heavy atom. The topological polar surface area (TPSA) is 84.9 Å². The predicted molar refractivity (Wildman–Crippen MR) is 120 cm³/mol. The van der Waals surface area contributed by atoms with Crippen LogP contribution in [0.15, 0.2) is 24.3 Å². The molecule has 1 saturated carbocycles. The molecule has 1 aliphatic carbocycles. The van der Waals surface area contributed by atoms with E-state index in [-0.39, 0.29) is 47.9 Å². The van der Waals surface area contributed by atoms with Gasteiger partial charge in [0.1, 0.15) is 0 Å². The Labute approximate surface area is 201 Å². The first-order valence-electron chi connectivity index (χ1n) is 10.5. The maximum atomic E-state index is 12.2. The number of unbranched alkanes of at least 4 members (excludes halogenated alkanes) is 2. The molecule has 7 heteroatoms. The predicted octanol–water partition coefficient (Wildman–Crippen LogP) is 3.78. The maximum absolute atomic E-state index is 12.2. The first kappa shape index (κ1) is 26.5. The SMILES string of the molecule is COc1cc(/C=C/C(=O)N[C@H]2CC[C@H](C)CC2)ccc1OCCCCCC(=O)O.[NaH]. The molecule has 1 aromatic rings. The van der Waals surface area contributed by atoms with Crippen molar-refractivity contribution in [2.45, 2.75) is 64.3 Å². The van der Waals surface area contributed by atoms with Crippen LogP contribution in [0.5, 0.6) is 11.5 Å². The Bertz CT molecular complexity index is 699. The number of nitrogens with one attached hydrogen (secondary N) is 1. The van der Waals surface area contributed by atoms with Crippen LogP contribution in [0.3, 0.4) is 0 Å². The number of ether oxygens (including phenoxy) is 2. The third-order valence-electron chi connectivity index (χ3n) is 5.27. The average molecular weight is 428 g/mol. The second-order valence-electron chi connectivity index (χ2n) is 7.76. The van der Waals surface area contributed by atoms with Gasteiger partial charge in [-0.2, -0.15) is 0 Å². The molecule has 162 valence electrons. The van der Waals surface area contributed by atoms with Crippen molar-refractivity contribution < 1.29 is 24.2 Å². The summed E-state index contributed by atoms with van der Waals surface area (Å²) in [6, 6.07) is 5.83. The molecule has 0 atom stereocenters. The normalized spacial score (nSPS) is 18.5. The third-order valence-corrected chi connectivity index (χ3v) is 5.27. The van der Waals surface area contributed by atoms with E-state index in [1.165, 1.54) is 12.8 Å². The van der Waals surface area contributed by atoms with Gasteiger partial charge < -0.3 is 19.9 Å². The second-order valence-corrected chi connectivity index (χ2v) is 7.76. The molecule has 1 fully saturated rings. The van der Waals surface area contributed by atoms with Crippen LogP contribution in [0.1, 0.15) is 63.9 Å². The van der Waals surface area contributed by atoms with E-state index < -0.39 is 5.97 Å². The van der Waals surface area contributed by atoms with Gasteiger partial charge in [0.05, 0.1) is 13.7 Å². The number of amides is 1. The minimum absolute atomic E-state index is 0. The van der Waals surface area contributed by atoms with Crippen LogP contribution in [-0.2, 0) is 9.59 Å². The first-order valence-corrected chi connectivity index (χ1v) is 10.5. The quantitative estimate of drug-likeness (QED) is 0.319. The molecule has 0 aromatic heterocycles. The zero-order valence-electron chi connectivity index (χ0n) is 17.5. The molecule has 0 bridgehead atoms. The molecular formula is C23H34NNaO5. The van der Waals surface area contributed by atoms with Crippen LogP contribution < -0.4 is 14.8 Å². The van der Waals surface area contributed by atoms with E-state index in [0.717, 1.165) is 37.2 Å². The molecule has 2 rings (SSSR count). The molecule has 0 heterocycles. The van der Waals surface area contributed by atoms with Crippen molar-refractivity contribution in [3.8, 4) is 11.5 Å². The van der Waals surface area contributed by atoms with Crippen LogP contribution in [0.2, 0.25) is 0 Å². The zero-order valence-corrected chi connectivity index (χ0v) is 17.5. The Hall–Kier alpha value is -1.50. The Balaban J connectivity index is 0.00000450. The molecule has 6 nitrogen and oxygen atoms in total. The van der Waals surface area contributed by atoms with Crippen molar-refractivity contribution in [3.05, 3.63) is 29.8 Å². The molecule has 0 spiro atoms. The van der Waals surface area contributed by atoms with Crippen LogP contribution >= 0.6 is 0 Å². The number of methoxy groups -OCH3 is 1. The van der Waals surface area contributed by atoms with Crippen molar-refractivity contribution in [1.29, 1.82) is 0 Å². The number of hydrogen-bond acceptors (Lipinski definition) is 4. The summed E-state index contributed by atoms with van der Waals surface area (Å²) in [7, 11) is 1.58. The molecule has 30 heavy (non-hydrogen) atoms. The van der Waals surface area contributed by atoms with Gasteiger partial charge in [-0.25, -0.2) is 0 Å². The summed E-state index contributed by atoms with van der Waals surface area (Å²) in [5.74, 6) is 1.18. The van der Waals surface area contributed by atoms with Crippen molar-refractivity contribution in [3.63, 3.8) is 0 Å². The Morgan fingerprint density at radius 2 is 1.87 bits per heavy atom. The summed E-state index contributed by atoms with van der Waals surface area (Å²) >= 11 is 0. The van der Waals surface area contributed by atoms with Crippen molar-refractivity contribution in [2.75, 3.05) is 13.7 Å². The third kappa shape index (κ3) is 10.0. The Morgan fingerprint density at radius 3 is 2.53 bits per heavy atom. The number of hydrogen-bond donors (Lipinski definition) is 2. The van der Waals surface area contributed by atoms with Crippen LogP contribution in [0, 0.1) is 5.92 Å². The standard InChI is InChI=1S/C23H33NO5.Na.H/c1-17-7-11-19(12-8-17)24-22(25)14-10-18-9-13-20(21(16-18)28-2)29-15-5-3-4-6-23(26)27;;/h9-10,13-14,16-17,19H,3-8,11-12,15H2,1-2H3,(H,24,25)(H,26,27);;/b14-10+;;/t17-,19-;;. The van der Waals surface area contributed by atoms with Gasteiger partial charge in [0.15, 0.2) is 11.5 Å². The van der Waals surface area contributed by atoms with E-state index in [1.54, 1.807) is 19.3 Å². The molecule has 2 N–H and O–H groups in total. The van der Waals surface area contributed by atoms with Gasteiger partial charge in [-0.1, -0.05) is 13.0 Å². The van der Waals surface area contributed by atoms with Crippen molar-refractivity contribution in [2.24, 2.45) is 5.92 Å². The van der Waals surface area contributed by atoms with Crippen LogP contribution in [0.4, 0.5) is 0 Å². The molecule has 1 aromatic carbocycles. The number of carbonyl (C=O) groups excluding carboxylic acids is 1. The zero-order chi connectivity index (χ0) is 21.1. The van der Waals surface area contributed by atoms with E-state index in [2.05, 4.69) is 12.2 Å². The molecule has 0 aliphatic heterocycles. The fourth-order valence-electron chi connectivity index (χ4n) is 3.47. The fraction of sp³-hybridized carbons (Fsp3) is 0.565. The summed E-state index contributed by atoms with van der Waals surface area (Å²) < 4.78 is 11.1. The van der Waals surface area contributed by atoms with Gasteiger partial charge in [0, 0.05) is 18.5 Å². The molecule has 1 amide bonds. The van der Waals surface area contributed by atoms with Crippen molar-refractivity contribution >= 4 is 47.5 Å². The summed E-state index contributed by atoms with van der Waals surface area (Å²) in [6.07, 6.45) is 10.2. The summed E-state index contributed by atoms with van der Waals surface area (Å²) in [5.41, 5.74) is 0.864. The average Bonchev–Trinajstić information content (AvgIpc) is 2.71. The first-order chi connectivity index (χ1) is 14.0.